The summed E-state index contributed by atoms with van der Waals surface area (Å²) in [6.07, 6.45) is 3.62. The Hall–Kier alpha value is -2.17. The molecule has 1 aliphatic carbocycles. The SMILES string of the molecule is CC(Cn1cc([N+](=O)[O-])c(C2CC2)n1)c1ccccc1. The maximum absolute atomic E-state index is 11.1. The zero-order valence-electron chi connectivity index (χ0n) is 11.4. The van der Waals surface area contributed by atoms with Crippen molar-refractivity contribution in [3.05, 3.63) is 57.9 Å². The summed E-state index contributed by atoms with van der Waals surface area (Å²) in [6.45, 7) is 2.78. The normalized spacial score (nSPS) is 16.1. The van der Waals surface area contributed by atoms with E-state index in [2.05, 4.69) is 24.2 Å². The van der Waals surface area contributed by atoms with Gasteiger partial charge in [-0.25, -0.2) is 0 Å². The molecular formula is C15H17N3O2. The van der Waals surface area contributed by atoms with Gasteiger partial charge >= 0.3 is 5.69 Å². The van der Waals surface area contributed by atoms with E-state index in [1.165, 1.54) is 5.56 Å². The number of nitrogens with zero attached hydrogens (tertiary/aromatic N) is 3. The number of nitro groups is 1. The molecule has 1 aromatic heterocycles. The first-order chi connectivity index (χ1) is 9.65. The molecule has 0 bridgehead atoms. The molecule has 0 amide bonds. The lowest BCUT2D eigenvalue weighted by molar-refractivity contribution is -0.385. The van der Waals surface area contributed by atoms with E-state index in [-0.39, 0.29) is 16.5 Å². The molecule has 1 aromatic carbocycles. The summed E-state index contributed by atoms with van der Waals surface area (Å²) < 4.78 is 1.73. The third kappa shape index (κ3) is 2.57. The highest BCUT2D eigenvalue weighted by Gasteiger charge is 2.34. The van der Waals surface area contributed by atoms with E-state index in [0.717, 1.165) is 12.8 Å². The highest BCUT2D eigenvalue weighted by molar-refractivity contribution is 5.37. The summed E-state index contributed by atoms with van der Waals surface area (Å²) in [4.78, 5) is 10.8. The van der Waals surface area contributed by atoms with Gasteiger partial charge in [0.2, 0.25) is 0 Å². The summed E-state index contributed by atoms with van der Waals surface area (Å²) in [5, 5.41) is 15.5. The van der Waals surface area contributed by atoms with Gasteiger partial charge in [0.15, 0.2) is 0 Å². The van der Waals surface area contributed by atoms with Gasteiger partial charge in [-0.15, -0.1) is 0 Å². The smallest absolute Gasteiger partial charge is 0.265 e. The lowest BCUT2D eigenvalue weighted by atomic mass is 10.0. The average molecular weight is 271 g/mol. The van der Waals surface area contributed by atoms with E-state index in [4.69, 9.17) is 0 Å². The molecule has 3 rings (SSSR count). The fraction of sp³-hybridized carbons (Fsp3) is 0.400. The molecule has 0 saturated heterocycles. The van der Waals surface area contributed by atoms with Crippen LogP contribution in [0.3, 0.4) is 0 Å². The topological polar surface area (TPSA) is 61.0 Å². The fourth-order valence-corrected chi connectivity index (χ4v) is 2.48. The minimum absolute atomic E-state index is 0.174. The molecule has 0 N–H and O–H groups in total. The van der Waals surface area contributed by atoms with Crippen LogP contribution in [0.25, 0.3) is 0 Å². The Kier molecular flexibility index (Phi) is 3.26. The second-order valence-corrected chi connectivity index (χ2v) is 5.46. The highest BCUT2D eigenvalue weighted by atomic mass is 16.6. The average Bonchev–Trinajstić information content (AvgIpc) is 3.21. The molecule has 20 heavy (non-hydrogen) atoms. The van der Waals surface area contributed by atoms with Crippen molar-refractivity contribution in [2.45, 2.75) is 38.1 Å². The Bertz CT molecular complexity index is 617. The maximum Gasteiger partial charge on any atom is 0.310 e. The van der Waals surface area contributed by atoms with Crippen molar-refractivity contribution in [3.8, 4) is 0 Å². The first kappa shape index (κ1) is 12.8. The third-order valence-corrected chi connectivity index (χ3v) is 3.76. The Morgan fingerprint density at radius 2 is 2.10 bits per heavy atom. The van der Waals surface area contributed by atoms with Gasteiger partial charge in [-0.3, -0.25) is 14.8 Å². The van der Waals surface area contributed by atoms with Crippen LogP contribution in [0.5, 0.6) is 0 Å². The molecule has 2 aromatic rings. The second kappa shape index (κ2) is 5.07. The number of benzene rings is 1. The van der Waals surface area contributed by atoms with Gasteiger partial charge in [0.05, 0.1) is 4.92 Å². The van der Waals surface area contributed by atoms with Crippen LogP contribution in [0, 0.1) is 10.1 Å². The van der Waals surface area contributed by atoms with Gasteiger partial charge in [-0.05, 0) is 18.4 Å². The van der Waals surface area contributed by atoms with E-state index >= 15 is 0 Å². The van der Waals surface area contributed by atoms with E-state index in [9.17, 15) is 10.1 Å². The van der Waals surface area contributed by atoms with Crippen molar-refractivity contribution in [1.29, 1.82) is 0 Å². The lowest BCUT2D eigenvalue weighted by Gasteiger charge is -2.11. The lowest BCUT2D eigenvalue weighted by Crippen LogP contribution is -2.07. The Balaban J connectivity index is 1.81. The summed E-state index contributed by atoms with van der Waals surface area (Å²) in [5.74, 6) is 0.575. The Labute approximate surface area is 117 Å². The van der Waals surface area contributed by atoms with Crippen molar-refractivity contribution in [2.24, 2.45) is 0 Å². The van der Waals surface area contributed by atoms with Gasteiger partial charge in [0.1, 0.15) is 11.9 Å². The van der Waals surface area contributed by atoms with Crippen LogP contribution < -0.4 is 0 Å². The van der Waals surface area contributed by atoms with Crippen molar-refractivity contribution in [3.63, 3.8) is 0 Å². The Morgan fingerprint density at radius 3 is 2.70 bits per heavy atom. The van der Waals surface area contributed by atoms with E-state index < -0.39 is 0 Å². The van der Waals surface area contributed by atoms with Crippen molar-refractivity contribution in [1.82, 2.24) is 9.78 Å². The predicted octanol–water partition coefficient (Wildman–Crippen LogP) is 3.47. The molecule has 104 valence electrons. The van der Waals surface area contributed by atoms with Crippen molar-refractivity contribution >= 4 is 5.69 Å². The summed E-state index contributed by atoms with van der Waals surface area (Å²) >= 11 is 0. The molecule has 1 aliphatic rings. The molecule has 0 spiro atoms. The number of aromatic nitrogens is 2. The zero-order valence-corrected chi connectivity index (χ0v) is 11.4. The largest absolute Gasteiger partial charge is 0.310 e. The third-order valence-electron chi connectivity index (χ3n) is 3.76. The molecule has 0 aliphatic heterocycles. The van der Waals surface area contributed by atoms with Crippen LogP contribution in [-0.4, -0.2) is 14.7 Å². The van der Waals surface area contributed by atoms with Crippen LogP contribution in [0.4, 0.5) is 5.69 Å². The highest BCUT2D eigenvalue weighted by Crippen LogP contribution is 2.43. The van der Waals surface area contributed by atoms with E-state index in [1.54, 1.807) is 10.9 Å². The van der Waals surface area contributed by atoms with E-state index in [0.29, 0.717) is 18.2 Å². The minimum Gasteiger partial charge on any atom is -0.265 e. The second-order valence-electron chi connectivity index (χ2n) is 5.46. The van der Waals surface area contributed by atoms with Crippen LogP contribution in [-0.2, 0) is 6.54 Å². The molecule has 1 fully saturated rings. The molecule has 5 heteroatoms. The van der Waals surface area contributed by atoms with Gasteiger partial charge in [-0.1, -0.05) is 37.3 Å². The fourth-order valence-electron chi connectivity index (χ4n) is 2.48. The summed E-state index contributed by atoms with van der Waals surface area (Å²) in [7, 11) is 0. The number of hydrogen-bond acceptors (Lipinski definition) is 3. The summed E-state index contributed by atoms with van der Waals surface area (Å²) in [5.41, 5.74) is 2.06. The van der Waals surface area contributed by atoms with Gasteiger partial charge < -0.3 is 0 Å². The number of hydrogen-bond donors (Lipinski definition) is 0. The van der Waals surface area contributed by atoms with Gasteiger partial charge in [0, 0.05) is 18.4 Å². The first-order valence-corrected chi connectivity index (χ1v) is 6.92. The molecule has 1 saturated carbocycles. The van der Waals surface area contributed by atoms with Gasteiger partial charge in [-0.2, -0.15) is 5.10 Å². The monoisotopic (exact) mass is 271 g/mol. The summed E-state index contributed by atoms with van der Waals surface area (Å²) in [6, 6.07) is 10.1. The predicted molar refractivity (Wildman–Crippen MR) is 75.7 cm³/mol. The van der Waals surface area contributed by atoms with Crippen LogP contribution >= 0.6 is 0 Å². The van der Waals surface area contributed by atoms with Crippen LogP contribution in [0.1, 0.15) is 42.9 Å². The minimum atomic E-state index is -0.315. The first-order valence-electron chi connectivity index (χ1n) is 6.92. The van der Waals surface area contributed by atoms with Crippen LogP contribution in [0.15, 0.2) is 36.5 Å². The molecule has 5 nitrogen and oxygen atoms in total. The molecule has 1 heterocycles. The molecule has 0 radical (unpaired) electrons. The zero-order chi connectivity index (χ0) is 14.1. The standard InChI is InChI=1S/C15H17N3O2/c1-11(12-5-3-2-4-6-12)9-17-10-14(18(19)20)15(16-17)13-7-8-13/h2-6,10-11,13H,7-9H2,1H3. The van der Waals surface area contributed by atoms with Crippen molar-refractivity contribution in [2.75, 3.05) is 0 Å². The quantitative estimate of drug-likeness (QED) is 0.618. The molecule has 1 atom stereocenters. The maximum atomic E-state index is 11.1. The van der Waals surface area contributed by atoms with Gasteiger partial charge in [0.25, 0.3) is 0 Å². The van der Waals surface area contributed by atoms with E-state index in [1.807, 2.05) is 18.2 Å². The van der Waals surface area contributed by atoms with Crippen LogP contribution in [0.2, 0.25) is 0 Å². The Morgan fingerprint density at radius 1 is 1.40 bits per heavy atom. The molecule has 1 unspecified atom stereocenters. The van der Waals surface area contributed by atoms with Crippen molar-refractivity contribution < 1.29 is 4.92 Å². The molecular weight excluding hydrogens is 254 g/mol. The number of rotatable bonds is 5.